The average molecular weight is 589 g/mol. The van der Waals surface area contributed by atoms with Crippen molar-refractivity contribution in [3.8, 4) is 11.1 Å². The van der Waals surface area contributed by atoms with Crippen molar-refractivity contribution < 1.29 is 24.6 Å². The third kappa shape index (κ3) is 8.38. The van der Waals surface area contributed by atoms with Crippen LogP contribution in [0, 0.1) is 0 Å². The van der Waals surface area contributed by atoms with Gasteiger partial charge in [-0.3, -0.25) is 14.5 Å². The van der Waals surface area contributed by atoms with Crippen molar-refractivity contribution in [2.75, 3.05) is 30.4 Å². The number of nitrogens with zero attached hydrogens (tertiary/aromatic N) is 2. The summed E-state index contributed by atoms with van der Waals surface area (Å²) < 4.78 is 0. The highest BCUT2D eigenvalue weighted by atomic mass is 16.3. The summed E-state index contributed by atoms with van der Waals surface area (Å²) in [6.07, 6.45) is 1.83. The Morgan fingerprint density at radius 3 is 2.56 bits per heavy atom. The third-order valence-electron chi connectivity index (χ3n) is 7.36. The number of pyridine rings is 1. The molecule has 0 radical (unpaired) electrons. The number of anilines is 2. The number of aryl methyl sites for hydroxylation is 1. The van der Waals surface area contributed by atoms with E-state index >= 15 is 0 Å². The quantitative estimate of drug-likeness (QED) is 0.201. The molecule has 6 N–H and O–H groups in total. The lowest BCUT2D eigenvalue weighted by molar-refractivity contribution is -0.128. The van der Waals surface area contributed by atoms with E-state index in [9.17, 15) is 19.5 Å². The molecule has 4 rings (SSSR count). The Labute approximate surface area is 251 Å². The molecule has 0 bridgehead atoms. The number of benzene rings is 2. The SMILES string of the molecule is CNC(=O)Nc1ccccc1-c1ccc(CN2C(=O)[C@H](NC(=O)CC(C)(C)NC[C@H](O)CO)CCc3cccnc32)cc1. The van der Waals surface area contributed by atoms with E-state index in [2.05, 4.69) is 26.3 Å². The monoisotopic (exact) mass is 588 g/mol. The van der Waals surface area contributed by atoms with Crippen molar-refractivity contribution in [2.45, 2.75) is 57.3 Å². The molecular weight excluding hydrogens is 548 g/mol. The van der Waals surface area contributed by atoms with Gasteiger partial charge in [-0.05, 0) is 55.5 Å². The van der Waals surface area contributed by atoms with E-state index < -0.39 is 17.7 Å². The van der Waals surface area contributed by atoms with Crippen LogP contribution in [-0.4, -0.2) is 70.9 Å². The lowest BCUT2D eigenvalue weighted by Crippen LogP contribution is -2.51. The molecular formula is C32H40N6O5. The Morgan fingerprint density at radius 2 is 1.84 bits per heavy atom. The van der Waals surface area contributed by atoms with E-state index in [0.29, 0.717) is 24.3 Å². The number of carbonyl (C=O) groups is 3. The van der Waals surface area contributed by atoms with Gasteiger partial charge < -0.3 is 31.5 Å². The summed E-state index contributed by atoms with van der Waals surface area (Å²) in [6, 6.07) is 18.0. The summed E-state index contributed by atoms with van der Waals surface area (Å²) in [6.45, 7) is 3.69. The van der Waals surface area contributed by atoms with Crippen LogP contribution >= 0.6 is 0 Å². The molecule has 0 unspecified atom stereocenters. The topological polar surface area (TPSA) is 156 Å². The van der Waals surface area contributed by atoms with Crippen LogP contribution in [0.2, 0.25) is 0 Å². The van der Waals surface area contributed by atoms with Crippen molar-refractivity contribution in [3.05, 3.63) is 78.0 Å². The summed E-state index contributed by atoms with van der Waals surface area (Å²) in [5.41, 5.74) is 3.60. The lowest BCUT2D eigenvalue weighted by Gasteiger charge is -2.29. The maximum Gasteiger partial charge on any atom is 0.318 e. The van der Waals surface area contributed by atoms with E-state index in [1.165, 1.54) is 0 Å². The highest BCUT2D eigenvalue weighted by Gasteiger charge is 2.33. The zero-order chi connectivity index (χ0) is 31.0. The number of urea groups is 1. The fraction of sp³-hybridized carbons (Fsp3) is 0.375. The van der Waals surface area contributed by atoms with Gasteiger partial charge >= 0.3 is 6.03 Å². The molecule has 43 heavy (non-hydrogen) atoms. The number of aromatic nitrogens is 1. The van der Waals surface area contributed by atoms with Crippen molar-refractivity contribution in [1.82, 2.24) is 20.9 Å². The molecule has 0 spiro atoms. The lowest BCUT2D eigenvalue weighted by atomic mass is 9.99. The first-order valence-electron chi connectivity index (χ1n) is 14.4. The third-order valence-corrected chi connectivity index (χ3v) is 7.36. The van der Waals surface area contributed by atoms with Crippen molar-refractivity contribution in [3.63, 3.8) is 0 Å². The van der Waals surface area contributed by atoms with E-state index in [4.69, 9.17) is 5.11 Å². The predicted molar refractivity (Wildman–Crippen MR) is 165 cm³/mol. The van der Waals surface area contributed by atoms with Gasteiger partial charge in [0.2, 0.25) is 5.91 Å². The number of rotatable bonds is 11. The number of carbonyl (C=O) groups excluding carboxylic acids is 3. The second-order valence-corrected chi connectivity index (χ2v) is 11.3. The van der Waals surface area contributed by atoms with Crippen LogP contribution in [0.25, 0.3) is 11.1 Å². The normalized spacial score (nSPS) is 15.7. The summed E-state index contributed by atoms with van der Waals surface area (Å²) in [7, 11) is 1.56. The molecule has 2 atom stereocenters. The molecule has 3 aromatic rings. The Bertz CT molecular complexity index is 1430. The van der Waals surface area contributed by atoms with Gasteiger partial charge in [-0.25, -0.2) is 9.78 Å². The smallest absolute Gasteiger partial charge is 0.318 e. The Kier molecular flexibility index (Phi) is 10.5. The molecule has 11 heteroatoms. The minimum Gasteiger partial charge on any atom is -0.394 e. The average Bonchev–Trinajstić information content (AvgIpc) is 3.12. The first-order chi connectivity index (χ1) is 20.6. The number of fused-ring (bicyclic) bond motifs is 1. The molecule has 0 fully saturated rings. The molecule has 11 nitrogen and oxygen atoms in total. The van der Waals surface area contributed by atoms with Crippen LogP contribution in [0.15, 0.2) is 66.9 Å². The maximum absolute atomic E-state index is 13.9. The number of amides is 4. The van der Waals surface area contributed by atoms with Gasteiger partial charge in [0.05, 0.1) is 24.9 Å². The van der Waals surface area contributed by atoms with Gasteiger partial charge in [-0.2, -0.15) is 0 Å². The van der Waals surface area contributed by atoms with Crippen LogP contribution in [0.4, 0.5) is 16.3 Å². The summed E-state index contributed by atoms with van der Waals surface area (Å²) in [4.78, 5) is 45.0. The predicted octanol–water partition coefficient (Wildman–Crippen LogP) is 2.58. The van der Waals surface area contributed by atoms with Gasteiger partial charge in [0, 0.05) is 37.3 Å². The molecule has 228 valence electrons. The van der Waals surface area contributed by atoms with Gasteiger partial charge in [-0.15, -0.1) is 0 Å². The van der Waals surface area contributed by atoms with Gasteiger partial charge in [0.15, 0.2) is 0 Å². The molecule has 2 heterocycles. The summed E-state index contributed by atoms with van der Waals surface area (Å²) in [5, 5.41) is 30.1. The molecule has 0 saturated heterocycles. The fourth-order valence-corrected chi connectivity index (χ4v) is 5.04. The maximum atomic E-state index is 13.9. The first-order valence-corrected chi connectivity index (χ1v) is 14.4. The van der Waals surface area contributed by atoms with E-state index in [-0.39, 0.29) is 44.0 Å². The molecule has 0 aliphatic carbocycles. The van der Waals surface area contributed by atoms with Crippen LogP contribution in [-0.2, 0) is 22.6 Å². The van der Waals surface area contributed by atoms with Gasteiger partial charge in [0.1, 0.15) is 11.9 Å². The molecule has 1 aliphatic heterocycles. The largest absolute Gasteiger partial charge is 0.394 e. The minimum atomic E-state index is -0.923. The standard InChI is InChI=1S/C32H40N6O5/c1-32(2,35-18-24(40)20-39)17-28(41)36-27-15-14-23-7-6-16-34-29(23)38(30(27)42)19-21-10-12-22(13-11-21)25-8-4-5-9-26(25)37-31(43)33-3/h4-13,16,24,27,35,39-40H,14-15,17-20H2,1-3H3,(H,36,41)(H2,33,37,43)/t24-,27+/m0/s1. The van der Waals surface area contributed by atoms with E-state index in [0.717, 1.165) is 22.3 Å². The highest BCUT2D eigenvalue weighted by molar-refractivity contribution is 6.00. The number of hydrogen-bond donors (Lipinski definition) is 6. The van der Waals surface area contributed by atoms with E-state index in [1.54, 1.807) is 18.1 Å². The van der Waals surface area contributed by atoms with Crippen molar-refractivity contribution in [1.29, 1.82) is 0 Å². The zero-order valence-corrected chi connectivity index (χ0v) is 24.8. The number of hydrogen-bond acceptors (Lipinski definition) is 7. The Balaban J connectivity index is 1.51. The fourth-order valence-electron chi connectivity index (χ4n) is 5.04. The van der Waals surface area contributed by atoms with Crippen LogP contribution in [0.5, 0.6) is 0 Å². The molecule has 4 amide bonds. The van der Waals surface area contributed by atoms with Crippen LogP contribution < -0.4 is 26.2 Å². The van der Waals surface area contributed by atoms with Crippen molar-refractivity contribution in [2.24, 2.45) is 0 Å². The highest BCUT2D eigenvalue weighted by Crippen LogP contribution is 2.30. The van der Waals surface area contributed by atoms with Crippen molar-refractivity contribution >= 4 is 29.4 Å². The first kappa shape index (κ1) is 31.6. The number of β-amino-alcohol motifs (C(OH)–C–C–N with tert-alkyl or cyclic N) is 1. The number of aliphatic hydroxyl groups excluding tert-OH is 2. The summed E-state index contributed by atoms with van der Waals surface area (Å²) >= 11 is 0. The van der Waals surface area contributed by atoms with Gasteiger partial charge in [0.25, 0.3) is 5.91 Å². The van der Waals surface area contributed by atoms with Gasteiger partial charge in [-0.1, -0.05) is 48.5 Å². The molecule has 1 aromatic heterocycles. The zero-order valence-electron chi connectivity index (χ0n) is 24.8. The Hall–Kier alpha value is -4.32. The molecule has 2 aromatic carbocycles. The van der Waals surface area contributed by atoms with Crippen LogP contribution in [0.3, 0.4) is 0 Å². The number of aliphatic hydroxyl groups is 2. The van der Waals surface area contributed by atoms with Crippen LogP contribution in [0.1, 0.15) is 37.8 Å². The molecule has 0 saturated carbocycles. The molecule has 1 aliphatic rings. The second-order valence-electron chi connectivity index (χ2n) is 11.3. The number of nitrogens with one attached hydrogen (secondary N) is 4. The Morgan fingerprint density at radius 1 is 1.09 bits per heavy atom. The number of para-hydroxylation sites is 1. The summed E-state index contributed by atoms with van der Waals surface area (Å²) in [5.74, 6) is 0.0477. The minimum absolute atomic E-state index is 0.0812. The van der Waals surface area contributed by atoms with E-state index in [1.807, 2.05) is 74.5 Å². The second kappa shape index (κ2) is 14.2.